The van der Waals surface area contributed by atoms with Gasteiger partial charge in [-0.25, -0.2) is 18.1 Å². The zero-order valence-electron chi connectivity index (χ0n) is 17.9. The number of anilines is 1. The average Bonchev–Trinajstić information content (AvgIpc) is 3.05. The minimum Gasteiger partial charge on any atom is -0.478 e. The second kappa shape index (κ2) is 10.6. The Bertz CT molecular complexity index is 985. The first-order valence-electron chi connectivity index (χ1n) is 10.9. The van der Waals surface area contributed by atoms with E-state index in [9.17, 15) is 14.1 Å². The molecule has 1 atom stereocenters. The maximum atomic E-state index is 13.9. The Kier molecular flexibility index (Phi) is 7.92. The predicted molar refractivity (Wildman–Crippen MR) is 122 cm³/mol. The molecule has 1 unspecified atom stereocenters. The first-order valence-corrected chi connectivity index (χ1v) is 12.4. The summed E-state index contributed by atoms with van der Waals surface area (Å²) in [4.78, 5) is 11.9. The lowest BCUT2D eigenvalue weighted by Gasteiger charge is -2.26. The van der Waals surface area contributed by atoms with Gasteiger partial charge in [0.25, 0.3) is 0 Å². The van der Waals surface area contributed by atoms with Crippen LogP contribution in [-0.2, 0) is 9.92 Å². The quantitative estimate of drug-likeness (QED) is 0.437. The Labute approximate surface area is 184 Å². The van der Waals surface area contributed by atoms with E-state index in [-0.39, 0.29) is 16.2 Å². The lowest BCUT2D eigenvalue weighted by atomic mass is 10.1. The van der Waals surface area contributed by atoms with Crippen LogP contribution >= 0.6 is 0 Å². The van der Waals surface area contributed by atoms with Crippen LogP contribution in [0.1, 0.15) is 55.8 Å². The van der Waals surface area contributed by atoms with E-state index in [1.165, 1.54) is 12.1 Å². The summed E-state index contributed by atoms with van der Waals surface area (Å²) >= 11 is 0. The molecule has 0 bridgehead atoms. The molecule has 1 saturated heterocycles. The Morgan fingerprint density at radius 2 is 1.84 bits per heavy atom. The number of carbonyl (C=O) groups is 1. The summed E-state index contributed by atoms with van der Waals surface area (Å²) in [5.74, 6) is -0.329. The summed E-state index contributed by atoms with van der Waals surface area (Å²) in [6.45, 7) is 3.77. The maximum absolute atomic E-state index is 13.9. The van der Waals surface area contributed by atoms with Gasteiger partial charge in [-0.3, -0.25) is 0 Å². The van der Waals surface area contributed by atoms with Crippen LogP contribution in [0.2, 0.25) is 0 Å². The second-order valence-electron chi connectivity index (χ2n) is 7.72. The van der Waals surface area contributed by atoms with Gasteiger partial charge < -0.3 is 15.2 Å². The summed E-state index contributed by atoms with van der Waals surface area (Å²) in [6.07, 6.45) is 5.67. The van der Waals surface area contributed by atoms with Crippen LogP contribution in [0, 0.1) is 4.78 Å². The third kappa shape index (κ3) is 5.77. The highest BCUT2D eigenvalue weighted by atomic mass is 32.2. The van der Waals surface area contributed by atoms with Crippen molar-refractivity contribution < 1.29 is 18.8 Å². The van der Waals surface area contributed by atoms with Gasteiger partial charge in [0.2, 0.25) is 0 Å². The number of carboxylic acid groups (broad SMARTS) is 1. The van der Waals surface area contributed by atoms with E-state index in [1.807, 2.05) is 18.2 Å². The van der Waals surface area contributed by atoms with Crippen LogP contribution in [0.3, 0.4) is 0 Å². The molecule has 0 aliphatic carbocycles. The topological polar surface area (TPSA) is 103 Å². The van der Waals surface area contributed by atoms with Crippen molar-refractivity contribution >= 4 is 21.6 Å². The fourth-order valence-electron chi connectivity index (χ4n) is 3.61. The van der Waals surface area contributed by atoms with Gasteiger partial charge in [0.1, 0.15) is 20.6 Å². The van der Waals surface area contributed by atoms with Crippen molar-refractivity contribution in [3.63, 3.8) is 0 Å². The van der Waals surface area contributed by atoms with Crippen LogP contribution < -0.4 is 10.1 Å². The number of nitrogens with one attached hydrogen (secondary N) is 2. The molecule has 0 radical (unpaired) electrons. The third-order valence-corrected chi connectivity index (χ3v) is 7.33. The minimum absolute atomic E-state index is 0.00999. The van der Waals surface area contributed by atoms with Crippen molar-refractivity contribution in [2.24, 2.45) is 0 Å². The number of para-hydroxylation sites is 1. The number of nitrogens with zero attached hydrogens (tertiary/aromatic N) is 1. The molecular formula is C23H31N3O4S. The SMILES string of the molecule is CCCCNc1cc(C(=O)O)cc(S(=N)(=O)N2CCCCCC2)c1Oc1ccccc1. The fraction of sp³-hybridized carbons (Fsp3) is 0.435. The molecule has 2 aromatic rings. The molecule has 1 aliphatic heterocycles. The summed E-state index contributed by atoms with van der Waals surface area (Å²) < 4.78 is 30.5. The fourth-order valence-corrected chi connectivity index (χ4v) is 5.35. The Balaban J connectivity index is 2.14. The standard InChI is InChI=1S/C23H31N3O4S/c1-2-3-13-25-20-16-18(23(27)28)17-21(22(20)30-19-11-7-6-8-12-19)31(24,29)26-14-9-4-5-10-15-26/h6-8,11-12,16-17,24-25H,2-5,9-10,13-15H2,1H3,(H,27,28). The summed E-state index contributed by atoms with van der Waals surface area (Å²) in [7, 11) is -3.44. The summed E-state index contributed by atoms with van der Waals surface area (Å²) in [6, 6.07) is 11.9. The number of ether oxygens (including phenoxy) is 1. The van der Waals surface area contributed by atoms with Crippen molar-refractivity contribution in [1.82, 2.24) is 4.31 Å². The van der Waals surface area contributed by atoms with Crippen LogP contribution in [-0.4, -0.2) is 39.2 Å². The van der Waals surface area contributed by atoms with Crippen molar-refractivity contribution in [2.45, 2.75) is 50.3 Å². The van der Waals surface area contributed by atoms with E-state index in [1.54, 1.807) is 16.4 Å². The third-order valence-electron chi connectivity index (χ3n) is 5.34. The first-order chi connectivity index (χ1) is 14.9. The van der Waals surface area contributed by atoms with Gasteiger partial charge in [-0.15, -0.1) is 0 Å². The molecule has 0 saturated carbocycles. The van der Waals surface area contributed by atoms with Crippen molar-refractivity contribution in [2.75, 3.05) is 25.0 Å². The van der Waals surface area contributed by atoms with Gasteiger partial charge in [0.15, 0.2) is 5.75 Å². The zero-order valence-corrected chi connectivity index (χ0v) is 18.7. The van der Waals surface area contributed by atoms with Gasteiger partial charge in [-0.1, -0.05) is 44.4 Å². The average molecular weight is 446 g/mol. The summed E-state index contributed by atoms with van der Waals surface area (Å²) in [5.41, 5.74) is 0.436. The molecule has 3 N–H and O–H groups in total. The van der Waals surface area contributed by atoms with Gasteiger partial charge in [0, 0.05) is 19.6 Å². The van der Waals surface area contributed by atoms with E-state index >= 15 is 0 Å². The van der Waals surface area contributed by atoms with Gasteiger partial charge in [0.05, 0.1) is 11.3 Å². The van der Waals surface area contributed by atoms with Crippen LogP contribution in [0.4, 0.5) is 5.69 Å². The molecule has 168 valence electrons. The van der Waals surface area contributed by atoms with Crippen molar-refractivity contribution in [3.05, 3.63) is 48.0 Å². The highest BCUT2D eigenvalue weighted by molar-refractivity contribution is 7.90. The lowest BCUT2D eigenvalue weighted by molar-refractivity contribution is 0.0696. The highest BCUT2D eigenvalue weighted by Gasteiger charge is 2.29. The molecule has 0 spiro atoms. The minimum atomic E-state index is -3.44. The predicted octanol–water partition coefficient (Wildman–Crippen LogP) is 5.59. The highest BCUT2D eigenvalue weighted by Crippen LogP contribution is 2.39. The maximum Gasteiger partial charge on any atom is 0.335 e. The van der Waals surface area contributed by atoms with Gasteiger partial charge >= 0.3 is 5.97 Å². The smallest absolute Gasteiger partial charge is 0.335 e. The van der Waals surface area contributed by atoms with Gasteiger partial charge in [-0.2, -0.15) is 0 Å². The van der Waals surface area contributed by atoms with E-state index < -0.39 is 15.9 Å². The van der Waals surface area contributed by atoms with E-state index in [2.05, 4.69) is 12.2 Å². The molecule has 3 rings (SSSR count). The molecule has 1 fully saturated rings. The Morgan fingerprint density at radius 3 is 2.45 bits per heavy atom. The largest absolute Gasteiger partial charge is 0.478 e. The van der Waals surface area contributed by atoms with Crippen molar-refractivity contribution in [1.29, 1.82) is 4.78 Å². The number of aromatic carboxylic acids is 1. The van der Waals surface area contributed by atoms with E-state index in [4.69, 9.17) is 9.52 Å². The van der Waals surface area contributed by atoms with E-state index in [0.29, 0.717) is 31.1 Å². The first kappa shape index (κ1) is 23.1. The number of rotatable bonds is 9. The second-order valence-corrected chi connectivity index (χ2v) is 9.73. The molecule has 7 nitrogen and oxygen atoms in total. The molecular weight excluding hydrogens is 414 g/mol. The van der Waals surface area contributed by atoms with Crippen molar-refractivity contribution in [3.8, 4) is 11.5 Å². The molecule has 8 heteroatoms. The number of hydrogen-bond acceptors (Lipinski definition) is 5. The Morgan fingerprint density at radius 1 is 1.16 bits per heavy atom. The molecule has 31 heavy (non-hydrogen) atoms. The number of carboxylic acids is 1. The number of hydrogen-bond donors (Lipinski definition) is 3. The number of benzene rings is 2. The Hall–Kier alpha value is -2.58. The molecule has 0 aromatic heterocycles. The monoisotopic (exact) mass is 445 g/mol. The molecule has 1 aliphatic rings. The van der Waals surface area contributed by atoms with Crippen LogP contribution in [0.5, 0.6) is 11.5 Å². The molecule has 2 aromatic carbocycles. The van der Waals surface area contributed by atoms with E-state index in [0.717, 1.165) is 38.5 Å². The normalized spacial score (nSPS) is 16.8. The van der Waals surface area contributed by atoms with Gasteiger partial charge in [-0.05, 0) is 43.5 Å². The van der Waals surface area contributed by atoms with Crippen LogP contribution in [0.15, 0.2) is 47.4 Å². The molecule has 1 heterocycles. The number of unbranched alkanes of at least 4 members (excludes halogenated alkanes) is 1. The zero-order chi connectivity index (χ0) is 22.3. The summed E-state index contributed by atoms with van der Waals surface area (Å²) in [5, 5.41) is 12.9. The molecule has 0 amide bonds. The van der Waals surface area contributed by atoms with Crippen LogP contribution in [0.25, 0.3) is 0 Å². The lowest BCUT2D eigenvalue weighted by Crippen LogP contribution is -2.31.